The molecule has 0 aromatic rings. The van der Waals surface area contributed by atoms with Gasteiger partial charge in [-0.3, -0.25) is 4.79 Å². The number of carbonyl (C=O) groups is 1. The van der Waals surface area contributed by atoms with Gasteiger partial charge in [-0.25, -0.2) is 0 Å². The summed E-state index contributed by atoms with van der Waals surface area (Å²) in [6, 6.07) is 0.226. The number of nitrogens with zero attached hydrogens (tertiary/aromatic N) is 1. The molecule has 2 saturated heterocycles. The topological polar surface area (TPSA) is 41.6 Å². The fourth-order valence-corrected chi connectivity index (χ4v) is 3.95. The number of likely N-dealkylation sites (tertiary alicyclic amines) is 1. The van der Waals surface area contributed by atoms with Crippen LogP contribution in [0.2, 0.25) is 0 Å². The Morgan fingerprint density at radius 3 is 2.75 bits per heavy atom. The third kappa shape index (κ3) is 3.66. The quantitative estimate of drug-likeness (QED) is 0.848. The Morgan fingerprint density at radius 1 is 1.25 bits per heavy atom. The molecule has 1 unspecified atom stereocenters. The van der Waals surface area contributed by atoms with E-state index in [0.29, 0.717) is 24.3 Å². The molecule has 1 spiro atoms. The van der Waals surface area contributed by atoms with Crippen molar-refractivity contribution in [3.8, 4) is 0 Å². The highest BCUT2D eigenvalue weighted by Gasteiger charge is 2.40. The van der Waals surface area contributed by atoms with E-state index in [1.165, 1.54) is 38.5 Å². The second-order valence-electron chi connectivity index (χ2n) is 6.56. The minimum Gasteiger partial charge on any atom is -0.378 e. The Balaban J connectivity index is 0.00000147. The zero-order chi connectivity index (χ0) is 13.1. The molecule has 3 fully saturated rings. The Kier molecular flexibility index (Phi) is 5.70. The van der Waals surface area contributed by atoms with Crippen molar-refractivity contribution < 1.29 is 9.53 Å². The Labute approximate surface area is 128 Å². The maximum atomic E-state index is 12.4. The molecule has 116 valence electrons. The average Bonchev–Trinajstić information content (AvgIpc) is 2.85. The van der Waals surface area contributed by atoms with Crippen LogP contribution >= 0.6 is 12.4 Å². The normalized spacial score (nSPS) is 29.2. The summed E-state index contributed by atoms with van der Waals surface area (Å²) in [4.78, 5) is 14.5. The fraction of sp³-hybridized carbons (Fsp3) is 0.933. The Hall–Kier alpha value is -0.320. The minimum atomic E-state index is 0. The number of halogens is 1. The van der Waals surface area contributed by atoms with Crippen molar-refractivity contribution in [3.63, 3.8) is 0 Å². The zero-order valence-electron chi connectivity index (χ0n) is 12.2. The van der Waals surface area contributed by atoms with Crippen LogP contribution in [-0.4, -0.2) is 49.7 Å². The number of hydrogen-bond acceptors (Lipinski definition) is 3. The monoisotopic (exact) mass is 302 g/mol. The van der Waals surface area contributed by atoms with Gasteiger partial charge in [-0.2, -0.15) is 0 Å². The highest BCUT2D eigenvalue weighted by Crippen LogP contribution is 2.43. The zero-order valence-corrected chi connectivity index (χ0v) is 13.1. The second-order valence-corrected chi connectivity index (χ2v) is 6.56. The first-order valence-corrected chi connectivity index (χ1v) is 7.86. The second kappa shape index (κ2) is 7.10. The molecule has 3 aliphatic rings. The minimum absolute atomic E-state index is 0. The Bertz CT molecular complexity index is 326. The van der Waals surface area contributed by atoms with Crippen molar-refractivity contribution in [1.82, 2.24) is 10.2 Å². The lowest BCUT2D eigenvalue weighted by atomic mass is 9.73. The lowest BCUT2D eigenvalue weighted by Gasteiger charge is -2.33. The summed E-state index contributed by atoms with van der Waals surface area (Å²) in [5, 5.41) is 3.37. The molecule has 20 heavy (non-hydrogen) atoms. The Morgan fingerprint density at radius 2 is 2.05 bits per heavy atom. The third-order valence-corrected chi connectivity index (χ3v) is 5.12. The van der Waals surface area contributed by atoms with E-state index in [4.69, 9.17) is 4.74 Å². The number of rotatable bonds is 2. The fourth-order valence-electron chi connectivity index (χ4n) is 3.95. The molecule has 1 saturated carbocycles. The summed E-state index contributed by atoms with van der Waals surface area (Å²) < 4.78 is 5.42. The molecular formula is C15H27ClN2O2. The molecule has 1 aliphatic carbocycles. The van der Waals surface area contributed by atoms with Gasteiger partial charge in [0.1, 0.15) is 0 Å². The van der Waals surface area contributed by atoms with Crippen LogP contribution < -0.4 is 5.32 Å². The average molecular weight is 303 g/mol. The summed E-state index contributed by atoms with van der Waals surface area (Å²) in [7, 11) is 0. The van der Waals surface area contributed by atoms with E-state index < -0.39 is 0 Å². The molecule has 4 nitrogen and oxygen atoms in total. The van der Waals surface area contributed by atoms with Gasteiger partial charge in [0.25, 0.3) is 0 Å². The molecule has 0 bridgehead atoms. The van der Waals surface area contributed by atoms with Gasteiger partial charge in [-0.05, 0) is 24.7 Å². The van der Waals surface area contributed by atoms with Crippen LogP contribution in [0, 0.1) is 5.41 Å². The highest BCUT2D eigenvalue weighted by molar-refractivity contribution is 5.85. The van der Waals surface area contributed by atoms with Crippen LogP contribution in [-0.2, 0) is 9.53 Å². The summed E-state index contributed by atoms with van der Waals surface area (Å²) in [5.74, 6) is 0.324. The van der Waals surface area contributed by atoms with Gasteiger partial charge in [-0.15, -0.1) is 12.4 Å². The molecule has 2 aliphatic heterocycles. The number of morpholine rings is 1. The van der Waals surface area contributed by atoms with Gasteiger partial charge in [0.15, 0.2) is 0 Å². The standard InChI is InChI=1S/C15H26N2O2.ClH/c18-14(10-13-11-19-9-7-16-13)17-8-6-15(12-17)4-2-1-3-5-15;/h13,16H,1-12H2;1H. The first-order chi connectivity index (χ1) is 9.27. The number of carbonyl (C=O) groups excluding carboxylic acids is 1. The number of ether oxygens (including phenoxy) is 1. The van der Waals surface area contributed by atoms with Crippen LogP contribution in [0.3, 0.4) is 0 Å². The van der Waals surface area contributed by atoms with Gasteiger partial charge in [0, 0.05) is 32.1 Å². The molecule has 0 aromatic heterocycles. The van der Waals surface area contributed by atoms with Gasteiger partial charge >= 0.3 is 0 Å². The van der Waals surface area contributed by atoms with Crippen LogP contribution in [0.15, 0.2) is 0 Å². The van der Waals surface area contributed by atoms with Crippen molar-refractivity contribution in [2.75, 3.05) is 32.8 Å². The van der Waals surface area contributed by atoms with Crippen LogP contribution in [0.1, 0.15) is 44.9 Å². The first kappa shape index (κ1) is 16.1. The summed E-state index contributed by atoms with van der Waals surface area (Å²) in [5.41, 5.74) is 0.477. The molecule has 1 amide bonds. The van der Waals surface area contributed by atoms with E-state index >= 15 is 0 Å². The molecule has 3 rings (SSSR count). The van der Waals surface area contributed by atoms with E-state index in [0.717, 1.165) is 26.2 Å². The van der Waals surface area contributed by atoms with Gasteiger partial charge in [0.05, 0.1) is 13.2 Å². The van der Waals surface area contributed by atoms with E-state index in [1.807, 2.05) is 0 Å². The SMILES string of the molecule is Cl.O=C(CC1COCCN1)N1CCC2(CCCCC2)C1. The lowest BCUT2D eigenvalue weighted by molar-refractivity contribution is -0.131. The predicted octanol–water partition coefficient (Wildman–Crippen LogP) is 1.97. The van der Waals surface area contributed by atoms with Crippen LogP contribution in [0.4, 0.5) is 0 Å². The smallest absolute Gasteiger partial charge is 0.224 e. The van der Waals surface area contributed by atoms with Crippen molar-refractivity contribution >= 4 is 18.3 Å². The number of hydrogen-bond donors (Lipinski definition) is 1. The molecule has 5 heteroatoms. The summed E-state index contributed by atoms with van der Waals surface area (Å²) in [6.45, 7) is 4.33. The first-order valence-electron chi connectivity index (χ1n) is 7.86. The van der Waals surface area contributed by atoms with E-state index in [9.17, 15) is 4.79 Å². The molecule has 2 heterocycles. The summed E-state index contributed by atoms with van der Waals surface area (Å²) in [6.07, 6.45) is 8.62. The molecule has 1 atom stereocenters. The maximum absolute atomic E-state index is 12.4. The number of nitrogens with one attached hydrogen (secondary N) is 1. The molecular weight excluding hydrogens is 276 g/mol. The number of amides is 1. The van der Waals surface area contributed by atoms with Crippen LogP contribution in [0.25, 0.3) is 0 Å². The van der Waals surface area contributed by atoms with Crippen molar-refractivity contribution in [2.24, 2.45) is 5.41 Å². The predicted molar refractivity (Wildman–Crippen MR) is 81.2 cm³/mol. The lowest BCUT2D eigenvalue weighted by Crippen LogP contribution is -2.45. The highest BCUT2D eigenvalue weighted by atomic mass is 35.5. The van der Waals surface area contributed by atoms with Gasteiger partial charge in [0.2, 0.25) is 5.91 Å². The van der Waals surface area contributed by atoms with Gasteiger partial charge in [-0.1, -0.05) is 19.3 Å². The van der Waals surface area contributed by atoms with Crippen molar-refractivity contribution in [2.45, 2.75) is 51.0 Å². The van der Waals surface area contributed by atoms with Crippen molar-refractivity contribution in [1.29, 1.82) is 0 Å². The molecule has 1 N–H and O–H groups in total. The third-order valence-electron chi connectivity index (χ3n) is 5.12. The largest absolute Gasteiger partial charge is 0.378 e. The van der Waals surface area contributed by atoms with Gasteiger partial charge < -0.3 is 15.0 Å². The van der Waals surface area contributed by atoms with E-state index in [-0.39, 0.29) is 18.4 Å². The van der Waals surface area contributed by atoms with Crippen molar-refractivity contribution in [3.05, 3.63) is 0 Å². The van der Waals surface area contributed by atoms with Crippen LogP contribution in [0.5, 0.6) is 0 Å². The molecule has 0 aromatic carbocycles. The summed E-state index contributed by atoms with van der Waals surface area (Å²) >= 11 is 0. The van der Waals surface area contributed by atoms with E-state index in [1.54, 1.807) is 0 Å². The molecule has 0 radical (unpaired) electrons. The maximum Gasteiger partial charge on any atom is 0.224 e. The van der Waals surface area contributed by atoms with E-state index in [2.05, 4.69) is 10.2 Å².